The van der Waals surface area contributed by atoms with Gasteiger partial charge < -0.3 is 4.74 Å². The number of hydrogen-bond acceptors (Lipinski definition) is 2. The smallest absolute Gasteiger partial charge is 0.125 e. The van der Waals surface area contributed by atoms with Crippen molar-refractivity contribution in [2.75, 3.05) is 0 Å². The molecule has 0 radical (unpaired) electrons. The summed E-state index contributed by atoms with van der Waals surface area (Å²) < 4.78 is 5.62. The SMILES string of the molecule is Cc1cnccc1OC1CC1. The minimum absolute atomic E-state index is 0.482. The van der Waals surface area contributed by atoms with E-state index in [2.05, 4.69) is 4.98 Å². The Morgan fingerprint density at radius 3 is 3.00 bits per heavy atom. The molecule has 1 saturated carbocycles. The van der Waals surface area contributed by atoms with Gasteiger partial charge in [-0.3, -0.25) is 4.98 Å². The van der Waals surface area contributed by atoms with Crippen LogP contribution >= 0.6 is 0 Å². The third-order valence-electron chi connectivity index (χ3n) is 1.79. The van der Waals surface area contributed by atoms with Gasteiger partial charge in [0.25, 0.3) is 0 Å². The second-order valence-electron chi connectivity index (χ2n) is 2.96. The molecule has 2 heteroatoms. The number of ether oxygens (including phenoxy) is 1. The van der Waals surface area contributed by atoms with E-state index in [0.717, 1.165) is 11.3 Å². The third-order valence-corrected chi connectivity index (χ3v) is 1.79. The van der Waals surface area contributed by atoms with Gasteiger partial charge in [-0.25, -0.2) is 0 Å². The van der Waals surface area contributed by atoms with Crippen molar-refractivity contribution >= 4 is 0 Å². The molecule has 58 valence electrons. The second kappa shape index (κ2) is 2.53. The minimum Gasteiger partial charge on any atom is -0.490 e. The maximum absolute atomic E-state index is 5.62. The minimum atomic E-state index is 0.482. The molecule has 1 aromatic rings. The summed E-state index contributed by atoms with van der Waals surface area (Å²) in [5.41, 5.74) is 1.12. The van der Waals surface area contributed by atoms with Gasteiger partial charge in [0.15, 0.2) is 0 Å². The number of nitrogens with zero attached hydrogens (tertiary/aromatic N) is 1. The van der Waals surface area contributed by atoms with Crippen LogP contribution in [-0.2, 0) is 0 Å². The van der Waals surface area contributed by atoms with Crippen molar-refractivity contribution in [3.63, 3.8) is 0 Å². The van der Waals surface area contributed by atoms with Crippen molar-refractivity contribution in [2.45, 2.75) is 25.9 Å². The number of aryl methyl sites for hydroxylation is 1. The Morgan fingerprint density at radius 1 is 1.55 bits per heavy atom. The van der Waals surface area contributed by atoms with E-state index in [0.29, 0.717) is 6.10 Å². The summed E-state index contributed by atoms with van der Waals surface area (Å²) in [7, 11) is 0. The van der Waals surface area contributed by atoms with E-state index in [1.165, 1.54) is 12.8 Å². The average molecular weight is 149 g/mol. The molecule has 0 aliphatic heterocycles. The Balaban J connectivity index is 2.15. The lowest BCUT2D eigenvalue weighted by Gasteiger charge is -2.05. The van der Waals surface area contributed by atoms with Crippen LogP contribution in [0, 0.1) is 6.92 Å². The van der Waals surface area contributed by atoms with Crippen molar-refractivity contribution in [3.8, 4) is 5.75 Å². The fraction of sp³-hybridized carbons (Fsp3) is 0.444. The molecule has 0 bridgehead atoms. The summed E-state index contributed by atoms with van der Waals surface area (Å²) in [5, 5.41) is 0. The van der Waals surface area contributed by atoms with Crippen molar-refractivity contribution in [1.29, 1.82) is 0 Å². The van der Waals surface area contributed by atoms with E-state index in [-0.39, 0.29) is 0 Å². The first-order chi connectivity index (χ1) is 5.36. The van der Waals surface area contributed by atoms with E-state index in [9.17, 15) is 0 Å². The first-order valence-corrected chi connectivity index (χ1v) is 3.93. The normalized spacial score (nSPS) is 16.5. The molecule has 2 rings (SSSR count). The Labute approximate surface area is 66.2 Å². The highest BCUT2D eigenvalue weighted by molar-refractivity contribution is 5.28. The van der Waals surface area contributed by atoms with Gasteiger partial charge in [-0.05, 0) is 25.8 Å². The molecule has 2 nitrogen and oxygen atoms in total. The number of hydrogen-bond donors (Lipinski definition) is 0. The van der Waals surface area contributed by atoms with Crippen LogP contribution in [0.25, 0.3) is 0 Å². The molecule has 0 atom stereocenters. The standard InChI is InChI=1S/C9H11NO/c1-7-6-10-5-4-9(7)11-8-2-3-8/h4-6,8H,2-3H2,1H3. The molecule has 0 spiro atoms. The molecule has 1 aliphatic rings. The van der Waals surface area contributed by atoms with Crippen molar-refractivity contribution < 1.29 is 4.74 Å². The molecule has 0 amide bonds. The molecule has 0 N–H and O–H groups in total. The molecule has 0 aromatic carbocycles. The first kappa shape index (κ1) is 6.65. The third kappa shape index (κ3) is 1.50. The zero-order chi connectivity index (χ0) is 7.68. The van der Waals surface area contributed by atoms with Crippen molar-refractivity contribution in [2.24, 2.45) is 0 Å². The van der Waals surface area contributed by atoms with Crippen molar-refractivity contribution in [3.05, 3.63) is 24.0 Å². The molecular weight excluding hydrogens is 138 g/mol. The quantitative estimate of drug-likeness (QED) is 0.641. The van der Waals surface area contributed by atoms with Gasteiger partial charge in [0.1, 0.15) is 5.75 Å². The van der Waals surface area contributed by atoms with Gasteiger partial charge in [-0.1, -0.05) is 0 Å². The monoisotopic (exact) mass is 149 g/mol. The summed E-state index contributed by atoms with van der Waals surface area (Å²) in [6, 6.07) is 1.92. The second-order valence-corrected chi connectivity index (χ2v) is 2.96. The van der Waals surface area contributed by atoms with E-state index in [1.54, 1.807) is 6.20 Å². The molecule has 1 aliphatic carbocycles. The summed E-state index contributed by atoms with van der Waals surface area (Å²) in [6.07, 6.45) is 6.50. The van der Waals surface area contributed by atoms with Gasteiger partial charge in [0.2, 0.25) is 0 Å². The zero-order valence-corrected chi connectivity index (χ0v) is 6.58. The predicted octanol–water partition coefficient (Wildman–Crippen LogP) is 1.93. The lowest BCUT2D eigenvalue weighted by molar-refractivity contribution is 0.301. The van der Waals surface area contributed by atoms with Gasteiger partial charge in [0, 0.05) is 18.0 Å². The summed E-state index contributed by atoms with van der Waals surface area (Å²) in [6.45, 7) is 2.02. The highest BCUT2D eigenvalue weighted by atomic mass is 16.5. The number of pyridine rings is 1. The lowest BCUT2D eigenvalue weighted by Crippen LogP contribution is -1.97. The fourth-order valence-corrected chi connectivity index (χ4v) is 0.958. The number of rotatable bonds is 2. The van der Waals surface area contributed by atoms with Crippen LogP contribution in [0.5, 0.6) is 5.75 Å². The number of aromatic nitrogens is 1. The Morgan fingerprint density at radius 2 is 2.36 bits per heavy atom. The molecule has 0 unspecified atom stereocenters. The van der Waals surface area contributed by atoms with Gasteiger partial charge in [-0.2, -0.15) is 0 Å². The highest BCUT2D eigenvalue weighted by Crippen LogP contribution is 2.27. The van der Waals surface area contributed by atoms with Crippen LogP contribution in [-0.4, -0.2) is 11.1 Å². The Hall–Kier alpha value is -1.05. The van der Waals surface area contributed by atoms with Gasteiger partial charge in [0.05, 0.1) is 6.10 Å². The summed E-state index contributed by atoms with van der Waals surface area (Å²) in [4.78, 5) is 3.99. The summed E-state index contributed by atoms with van der Waals surface area (Å²) in [5.74, 6) is 0.988. The molecule has 1 heterocycles. The van der Waals surface area contributed by atoms with Crippen LogP contribution in [0.3, 0.4) is 0 Å². The van der Waals surface area contributed by atoms with Crippen molar-refractivity contribution in [1.82, 2.24) is 4.98 Å². The van der Waals surface area contributed by atoms with E-state index >= 15 is 0 Å². The van der Waals surface area contributed by atoms with E-state index in [4.69, 9.17) is 4.74 Å². The van der Waals surface area contributed by atoms with Crippen LogP contribution in [0.4, 0.5) is 0 Å². The topological polar surface area (TPSA) is 22.1 Å². The fourth-order valence-electron chi connectivity index (χ4n) is 0.958. The Bertz CT molecular complexity index is 255. The molecule has 11 heavy (non-hydrogen) atoms. The Kier molecular flexibility index (Phi) is 1.53. The average Bonchev–Trinajstić information content (AvgIpc) is 2.78. The molecule has 1 fully saturated rings. The van der Waals surface area contributed by atoms with Crippen LogP contribution in [0.15, 0.2) is 18.5 Å². The van der Waals surface area contributed by atoms with Gasteiger partial charge in [-0.15, -0.1) is 0 Å². The molecular formula is C9H11NO. The first-order valence-electron chi connectivity index (χ1n) is 3.93. The lowest BCUT2D eigenvalue weighted by atomic mass is 10.3. The largest absolute Gasteiger partial charge is 0.490 e. The maximum atomic E-state index is 5.62. The highest BCUT2D eigenvalue weighted by Gasteiger charge is 2.23. The summed E-state index contributed by atoms with van der Waals surface area (Å²) >= 11 is 0. The van der Waals surface area contributed by atoms with Gasteiger partial charge >= 0.3 is 0 Å². The van der Waals surface area contributed by atoms with Crippen LogP contribution in [0.2, 0.25) is 0 Å². The molecule has 1 aromatic heterocycles. The predicted molar refractivity (Wildman–Crippen MR) is 42.6 cm³/mol. The van der Waals surface area contributed by atoms with E-state index in [1.807, 2.05) is 19.2 Å². The van der Waals surface area contributed by atoms with Crippen LogP contribution in [0.1, 0.15) is 18.4 Å². The van der Waals surface area contributed by atoms with Crippen LogP contribution < -0.4 is 4.74 Å². The van der Waals surface area contributed by atoms with E-state index < -0.39 is 0 Å². The maximum Gasteiger partial charge on any atom is 0.125 e. The molecule has 0 saturated heterocycles. The zero-order valence-electron chi connectivity index (χ0n) is 6.58.